The molecule has 2 aromatic carbocycles. The molecule has 1 fully saturated rings. The van der Waals surface area contributed by atoms with Crippen LogP contribution in [0.4, 0.5) is 0 Å². The number of fused-ring (bicyclic) bond motifs is 1. The Morgan fingerprint density at radius 1 is 1.00 bits per heavy atom. The molecule has 1 aliphatic rings. The lowest BCUT2D eigenvalue weighted by Gasteiger charge is -2.39. The highest BCUT2D eigenvalue weighted by atomic mass is 16.7. The lowest BCUT2D eigenvalue weighted by molar-refractivity contribution is -0.277. The van der Waals surface area contributed by atoms with Gasteiger partial charge in [-0.2, -0.15) is 0 Å². The summed E-state index contributed by atoms with van der Waals surface area (Å²) in [5.41, 5.74) is -0.449. The van der Waals surface area contributed by atoms with Crippen LogP contribution in [-0.4, -0.2) is 75.1 Å². The van der Waals surface area contributed by atoms with Gasteiger partial charge in [-0.15, -0.1) is 0 Å². The SMILES string of the molecule is COc1cc(O)c2c(=O)c(-c3ccc(O)cc3O[C@H]3O[C@H](CO)[C@@H](O)[C@H](O)[C@H]3O)coc2c1. The zero-order valence-electron chi connectivity index (χ0n) is 17.3. The van der Waals surface area contributed by atoms with Crippen LogP contribution < -0.4 is 14.9 Å². The van der Waals surface area contributed by atoms with E-state index >= 15 is 0 Å². The van der Waals surface area contributed by atoms with Crippen molar-refractivity contribution in [3.8, 4) is 34.1 Å². The zero-order chi connectivity index (χ0) is 23.9. The highest BCUT2D eigenvalue weighted by Gasteiger charge is 2.45. The molecule has 0 amide bonds. The minimum atomic E-state index is -1.71. The number of benzene rings is 2. The summed E-state index contributed by atoms with van der Waals surface area (Å²) in [5, 5.41) is 59.7. The average molecular weight is 462 g/mol. The summed E-state index contributed by atoms with van der Waals surface area (Å²) in [6, 6.07) is 6.47. The summed E-state index contributed by atoms with van der Waals surface area (Å²) in [4.78, 5) is 13.2. The fourth-order valence-electron chi connectivity index (χ4n) is 3.63. The van der Waals surface area contributed by atoms with E-state index in [-0.39, 0.29) is 45.1 Å². The molecular weight excluding hydrogens is 440 g/mol. The molecule has 1 saturated heterocycles. The predicted molar refractivity (Wildman–Crippen MR) is 112 cm³/mol. The van der Waals surface area contributed by atoms with Crippen molar-refractivity contribution >= 4 is 11.0 Å². The van der Waals surface area contributed by atoms with E-state index < -0.39 is 42.7 Å². The Morgan fingerprint density at radius 2 is 1.76 bits per heavy atom. The maximum Gasteiger partial charge on any atom is 0.229 e. The van der Waals surface area contributed by atoms with Gasteiger partial charge in [0.25, 0.3) is 0 Å². The average Bonchev–Trinajstić information content (AvgIpc) is 2.80. The molecule has 5 atom stereocenters. The Hall–Kier alpha value is -3.35. The first kappa shape index (κ1) is 22.8. The van der Waals surface area contributed by atoms with Gasteiger partial charge in [0.1, 0.15) is 64.6 Å². The normalized spacial score (nSPS) is 25.2. The van der Waals surface area contributed by atoms with Gasteiger partial charge in [-0.1, -0.05) is 0 Å². The lowest BCUT2D eigenvalue weighted by atomic mass is 9.99. The van der Waals surface area contributed by atoms with Gasteiger partial charge >= 0.3 is 0 Å². The molecule has 2 heterocycles. The van der Waals surface area contributed by atoms with Crippen LogP contribution in [0, 0.1) is 0 Å². The van der Waals surface area contributed by atoms with Gasteiger partial charge < -0.3 is 49.3 Å². The van der Waals surface area contributed by atoms with Gasteiger partial charge in [0.05, 0.1) is 19.3 Å². The molecule has 176 valence electrons. The molecule has 0 radical (unpaired) electrons. The monoisotopic (exact) mass is 462 g/mol. The van der Waals surface area contributed by atoms with E-state index in [1.54, 1.807) is 0 Å². The standard InChI is InChI=1S/C22H22O11/c1-30-10-5-13(25)17-15(6-10)31-8-12(18(17)26)11-3-2-9(24)4-14(11)32-22-21(29)20(28)19(27)16(7-23)33-22/h2-6,8,16,19-25,27-29H,7H2,1H3/t16-,19-,20+,21-,22+/m1/s1. The molecule has 33 heavy (non-hydrogen) atoms. The minimum absolute atomic E-state index is 0.0393. The molecule has 6 N–H and O–H groups in total. The Morgan fingerprint density at radius 3 is 2.45 bits per heavy atom. The van der Waals surface area contributed by atoms with Crippen LogP contribution in [0.2, 0.25) is 0 Å². The molecule has 1 aromatic heterocycles. The number of rotatable bonds is 5. The van der Waals surface area contributed by atoms with Crippen LogP contribution in [0.25, 0.3) is 22.1 Å². The molecule has 3 aromatic rings. The van der Waals surface area contributed by atoms with Crippen molar-refractivity contribution in [2.24, 2.45) is 0 Å². The highest BCUT2D eigenvalue weighted by Crippen LogP contribution is 2.36. The van der Waals surface area contributed by atoms with E-state index in [1.165, 1.54) is 31.4 Å². The van der Waals surface area contributed by atoms with Gasteiger partial charge in [-0.25, -0.2) is 0 Å². The van der Waals surface area contributed by atoms with Crippen LogP contribution in [-0.2, 0) is 4.74 Å². The Balaban J connectivity index is 1.78. The molecule has 0 aliphatic carbocycles. The number of aromatic hydroxyl groups is 2. The first-order valence-electron chi connectivity index (χ1n) is 9.88. The maximum atomic E-state index is 13.2. The van der Waals surface area contributed by atoms with E-state index in [1.807, 2.05) is 0 Å². The highest BCUT2D eigenvalue weighted by molar-refractivity contribution is 5.88. The second-order valence-electron chi connectivity index (χ2n) is 7.49. The minimum Gasteiger partial charge on any atom is -0.508 e. The van der Waals surface area contributed by atoms with Crippen molar-refractivity contribution in [2.75, 3.05) is 13.7 Å². The number of aliphatic hydroxyl groups is 4. The number of phenols is 2. The third kappa shape index (κ3) is 4.08. The number of methoxy groups -OCH3 is 1. The van der Waals surface area contributed by atoms with E-state index in [0.717, 1.165) is 12.3 Å². The second-order valence-corrected chi connectivity index (χ2v) is 7.49. The summed E-state index contributed by atoms with van der Waals surface area (Å²) in [5.74, 6) is -0.447. The first-order chi connectivity index (χ1) is 15.7. The Bertz CT molecular complexity index is 1220. The molecule has 11 heteroatoms. The zero-order valence-corrected chi connectivity index (χ0v) is 17.3. The van der Waals surface area contributed by atoms with Crippen LogP contribution in [0.5, 0.6) is 23.0 Å². The van der Waals surface area contributed by atoms with Gasteiger partial charge in [0.15, 0.2) is 0 Å². The predicted octanol–water partition coefficient (Wildman–Crippen LogP) is 0.0585. The largest absolute Gasteiger partial charge is 0.508 e. The van der Waals surface area contributed by atoms with Gasteiger partial charge in [-0.05, 0) is 12.1 Å². The van der Waals surface area contributed by atoms with E-state index in [2.05, 4.69) is 0 Å². The Labute approximate surface area is 186 Å². The maximum absolute atomic E-state index is 13.2. The van der Waals surface area contributed by atoms with Crippen molar-refractivity contribution in [1.82, 2.24) is 0 Å². The summed E-state index contributed by atoms with van der Waals surface area (Å²) >= 11 is 0. The molecule has 4 rings (SSSR count). The quantitative estimate of drug-likeness (QED) is 0.302. The van der Waals surface area contributed by atoms with Crippen molar-refractivity contribution in [3.63, 3.8) is 0 Å². The van der Waals surface area contributed by atoms with E-state index in [4.69, 9.17) is 18.6 Å². The van der Waals surface area contributed by atoms with Crippen molar-refractivity contribution in [2.45, 2.75) is 30.7 Å². The van der Waals surface area contributed by atoms with Crippen molar-refractivity contribution < 1.29 is 49.3 Å². The molecule has 0 spiro atoms. The molecule has 0 unspecified atom stereocenters. The molecule has 0 bridgehead atoms. The summed E-state index contributed by atoms with van der Waals surface area (Å²) in [6.45, 7) is -0.658. The van der Waals surface area contributed by atoms with Gasteiger partial charge in [0.2, 0.25) is 11.7 Å². The number of aliphatic hydroxyl groups excluding tert-OH is 4. The van der Waals surface area contributed by atoms with Crippen LogP contribution >= 0.6 is 0 Å². The fraction of sp³-hybridized carbons (Fsp3) is 0.318. The summed E-state index contributed by atoms with van der Waals surface area (Å²) in [7, 11) is 1.40. The van der Waals surface area contributed by atoms with Crippen molar-refractivity contribution in [1.29, 1.82) is 0 Å². The smallest absolute Gasteiger partial charge is 0.229 e. The third-order valence-electron chi connectivity index (χ3n) is 5.41. The Kier molecular flexibility index (Phi) is 6.15. The fourth-order valence-corrected chi connectivity index (χ4v) is 3.63. The van der Waals surface area contributed by atoms with Crippen LogP contribution in [0.3, 0.4) is 0 Å². The topological polar surface area (TPSA) is 179 Å². The molecule has 11 nitrogen and oxygen atoms in total. The number of hydrogen-bond donors (Lipinski definition) is 6. The first-order valence-corrected chi connectivity index (χ1v) is 9.88. The summed E-state index contributed by atoms with van der Waals surface area (Å²) in [6.07, 6.45) is -6.60. The van der Waals surface area contributed by atoms with Crippen molar-refractivity contribution in [3.05, 3.63) is 46.8 Å². The van der Waals surface area contributed by atoms with Gasteiger partial charge in [-0.3, -0.25) is 4.79 Å². The lowest BCUT2D eigenvalue weighted by Crippen LogP contribution is -2.60. The van der Waals surface area contributed by atoms with Crippen LogP contribution in [0.1, 0.15) is 0 Å². The number of hydrogen-bond acceptors (Lipinski definition) is 11. The van der Waals surface area contributed by atoms with Gasteiger partial charge in [0, 0.05) is 23.8 Å². The molecule has 0 saturated carbocycles. The van der Waals surface area contributed by atoms with E-state index in [0.29, 0.717) is 0 Å². The molecule has 1 aliphatic heterocycles. The molecular formula is C22H22O11. The van der Waals surface area contributed by atoms with Crippen LogP contribution in [0.15, 0.2) is 45.8 Å². The second kappa shape index (κ2) is 8.89. The third-order valence-corrected chi connectivity index (χ3v) is 5.41. The number of phenolic OH excluding ortho intramolecular Hbond substituents is 2. The number of ether oxygens (including phenoxy) is 3. The summed E-state index contributed by atoms with van der Waals surface area (Å²) < 4.78 is 21.6. The van der Waals surface area contributed by atoms with E-state index in [9.17, 15) is 35.4 Å².